The summed E-state index contributed by atoms with van der Waals surface area (Å²) in [5.74, 6) is 0.0491. The first-order valence-electron chi connectivity index (χ1n) is 5.50. The van der Waals surface area contributed by atoms with Crippen LogP contribution in [0.15, 0.2) is 28.5 Å². The zero-order chi connectivity index (χ0) is 13.3. The fraction of sp³-hybridized carbons (Fsp3) is 0.250. The van der Waals surface area contributed by atoms with Gasteiger partial charge in [-0.2, -0.15) is 0 Å². The molecule has 0 bridgehead atoms. The smallest absolute Gasteiger partial charge is 0.189 e. The van der Waals surface area contributed by atoms with Crippen molar-refractivity contribution in [3.8, 4) is 11.3 Å². The summed E-state index contributed by atoms with van der Waals surface area (Å²) < 4.78 is 24.3. The predicted molar refractivity (Wildman–Crippen MR) is 74.4 cm³/mol. The second-order valence-corrected chi connectivity index (χ2v) is 7.47. The number of hydrogen-bond acceptors (Lipinski definition) is 5. The van der Waals surface area contributed by atoms with Crippen LogP contribution in [0.3, 0.4) is 0 Å². The summed E-state index contributed by atoms with van der Waals surface area (Å²) in [4.78, 5) is 4.15. The molecule has 1 aromatic carbocycles. The number of nitrogens with two attached hydrogens (primary N) is 1. The van der Waals surface area contributed by atoms with E-state index in [1.165, 1.54) is 0 Å². The first kappa shape index (κ1) is 13.0. The van der Waals surface area contributed by atoms with Gasteiger partial charge in [-0.3, -0.25) is 0 Å². The zero-order valence-electron chi connectivity index (χ0n) is 10.2. The van der Waals surface area contributed by atoms with Crippen LogP contribution in [0.1, 0.15) is 12.5 Å². The van der Waals surface area contributed by atoms with Crippen molar-refractivity contribution in [2.24, 2.45) is 0 Å². The van der Waals surface area contributed by atoms with Gasteiger partial charge >= 0.3 is 0 Å². The van der Waals surface area contributed by atoms with Crippen molar-refractivity contribution in [2.75, 3.05) is 11.5 Å². The molecule has 0 spiro atoms. The molecule has 6 heteroatoms. The molecule has 1 aromatic heterocycles. The van der Waals surface area contributed by atoms with Gasteiger partial charge in [0, 0.05) is 5.56 Å². The van der Waals surface area contributed by atoms with Gasteiger partial charge in [-0.25, -0.2) is 13.4 Å². The van der Waals surface area contributed by atoms with Crippen LogP contribution >= 0.6 is 11.3 Å². The monoisotopic (exact) mass is 282 g/mol. The van der Waals surface area contributed by atoms with E-state index in [0.717, 1.165) is 22.5 Å². The third-order valence-electron chi connectivity index (χ3n) is 2.57. The van der Waals surface area contributed by atoms with Gasteiger partial charge in [0.05, 0.1) is 5.75 Å². The molecule has 1 heterocycles. The summed E-state index contributed by atoms with van der Waals surface area (Å²) in [6.07, 6.45) is 0. The molecule has 0 saturated carbocycles. The Morgan fingerprint density at radius 3 is 2.72 bits per heavy atom. The molecule has 0 saturated heterocycles. The molecule has 0 radical (unpaired) electrons. The largest absolute Gasteiger partial charge is 0.375 e. The number of sulfone groups is 1. The van der Waals surface area contributed by atoms with E-state index in [0.29, 0.717) is 5.69 Å². The predicted octanol–water partition coefficient (Wildman–Crippen LogP) is 2.49. The lowest BCUT2D eigenvalue weighted by atomic mass is 10.1. The molecule has 2 aromatic rings. The first-order valence-corrected chi connectivity index (χ1v) is 7.97. The van der Waals surface area contributed by atoms with Gasteiger partial charge in [0.25, 0.3) is 0 Å². The van der Waals surface area contributed by atoms with E-state index in [1.54, 1.807) is 6.92 Å². The number of aryl methyl sites for hydroxylation is 1. The Morgan fingerprint density at radius 1 is 1.39 bits per heavy atom. The lowest BCUT2D eigenvalue weighted by Gasteiger charge is -2.03. The Morgan fingerprint density at radius 2 is 2.11 bits per heavy atom. The van der Waals surface area contributed by atoms with Crippen molar-refractivity contribution in [2.45, 2.75) is 18.1 Å². The third kappa shape index (κ3) is 2.39. The summed E-state index contributed by atoms with van der Waals surface area (Å²) in [6.45, 7) is 3.57. The number of benzene rings is 1. The molecule has 0 atom stereocenters. The molecule has 4 nitrogen and oxygen atoms in total. The van der Waals surface area contributed by atoms with Gasteiger partial charge in [0.1, 0.15) is 9.90 Å². The third-order valence-corrected chi connectivity index (χ3v) is 5.78. The number of rotatable bonds is 3. The Kier molecular flexibility index (Phi) is 3.41. The molecular formula is C12H14N2O2S2. The molecule has 2 N–H and O–H groups in total. The van der Waals surface area contributed by atoms with Crippen molar-refractivity contribution in [3.05, 3.63) is 29.8 Å². The Balaban J connectivity index is 2.66. The minimum Gasteiger partial charge on any atom is -0.375 e. The molecule has 0 aliphatic heterocycles. The van der Waals surface area contributed by atoms with Gasteiger partial charge in [0.2, 0.25) is 0 Å². The number of nitrogens with zero attached hydrogens (tertiary/aromatic N) is 1. The maximum Gasteiger partial charge on any atom is 0.189 e. The van der Waals surface area contributed by atoms with E-state index in [2.05, 4.69) is 4.98 Å². The molecule has 0 aliphatic rings. The summed E-state index contributed by atoms with van der Waals surface area (Å²) in [7, 11) is -3.29. The van der Waals surface area contributed by atoms with E-state index in [-0.39, 0.29) is 15.1 Å². The van der Waals surface area contributed by atoms with Crippen molar-refractivity contribution < 1.29 is 8.42 Å². The highest BCUT2D eigenvalue weighted by Crippen LogP contribution is 2.34. The second kappa shape index (κ2) is 4.70. The molecule has 0 aliphatic carbocycles. The summed E-state index contributed by atoms with van der Waals surface area (Å²) in [6, 6.07) is 7.58. The van der Waals surface area contributed by atoms with E-state index in [1.807, 2.05) is 31.2 Å². The van der Waals surface area contributed by atoms with E-state index >= 15 is 0 Å². The average Bonchev–Trinajstić information content (AvgIpc) is 2.72. The number of thiazole rings is 1. The van der Waals surface area contributed by atoms with Gasteiger partial charge in [-0.1, -0.05) is 42.0 Å². The fourth-order valence-electron chi connectivity index (χ4n) is 1.64. The molecule has 0 amide bonds. The number of hydrogen-bond donors (Lipinski definition) is 1. The Labute approximate surface area is 110 Å². The molecule has 18 heavy (non-hydrogen) atoms. The van der Waals surface area contributed by atoms with Crippen LogP contribution in [0.2, 0.25) is 0 Å². The van der Waals surface area contributed by atoms with Gasteiger partial charge < -0.3 is 5.73 Å². The normalized spacial score (nSPS) is 11.7. The highest BCUT2D eigenvalue weighted by Gasteiger charge is 2.22. The van der Waals surface area contributed by atoms with Crippen LogP contribution in [-0.2, 0) is 9.84 Å². The van der Waals surface area contributed by atoms with E-state index in [4.69, 9.17) is 5.73 Å². The van der Waals surface area contributed by atoms with Crippen molar-refractivity contribution >= 4 is 26.3 Å². The highest BCUT2D eigenvalue weighted by molar-refractivity contribution is 7.93. The van der Waals surface area contributed by atoms with Crippen LogP contribution in [0.25, 0.3) is 11.3 Å². The van der Waals surface area contributed by atoms with Crippen LogP contribution in [-0.4, -0.2) is 19.2 Å². The molecular weight excluding hydrogens is 268 g/mol. The van der Waals surface area contributed by atoms with E-state index < -0.39 is 9.84 Å². The van der Waals surface area contributed by atoms with Crippen molar-refractivity contribution in [3.63, 3.8) is 0 Å². The summed E-state index contributed by atoms with van der Waals surface area (Å²) in [5, 5.41) is 0.276. The maximum atomic E-state index is 12.0. The van der Waals surface area contributed by atoms with Crippen molar-refractivity contribution in [1.29, 1.82) is 0 Å². The minimum absolute atomic E-state index is 0.0491. The second-order valence-electron chi connectivity index (χ2n) is 3.96. The van der Waals surface area contributed by atoms with Crippen LogP contribution in [0.4, 0.5) is 5.13 Å². The topological polar surface area (TPSA) is 73.0 Å². The number of nitrogen functional groups attached to an aromatic ring is 1. The number of anilines is 1. The SMILES string of the molecule is CCS(=O)(=O)c1sc(N)nc1-c1cccc(C)c1. The molecule has 0 fully saturated rings. The average molecular weight is 282 g/mol. The molecule has 0 unspecified atom stereocenters. The van der Waals surface area contributed by atoms with Crippen molar-refractivity contribution in [1.82, 2.24) is 4.98 Å². The number of aromatic nitrogens is 1. The van der Waals surface area contributed by atoms with Gasteiger partial charge in [-0.15, -0.1) is 0 Å². The summed E-state index contributed by atoms with van der Waals surface area (Å²) >= 11 is 1.03. The fourth-order valence-corrected chi connectivity index (χ4v) is 4.06. The maximum absolute atomic E-state index is 12.0. The zero-order valence-corrected chi connectivity index (χ0v) is 11.8. The highest BCUT2D eigenvalue weighted by atomic mass is 32.2. The van der Waals surface area contributed by atoms with Crippen LogP contribution in [0.5, 0.6) is 0 Å². The van der Waals surface area contributed by atoms with Crippen LogP contribution in [0, 0.1) is 6.92 Å². The van der Waals surface area contributed by atoms with Crippen LogP contribution < -0.4 is 5.73 Å². The standard InChI is InChI=1S/C12H14N2O2S2/c1-3-18(15,16)11-10(14-12(13)17-11)9-6-4-5-8(2)7-9/h4-7H,3H2,1-2H3,(H2,13,14). The lowest BCUT2D eigenvalue weighted by Crippen LogP contribution is -2.03. The summed E-state index contributed by atoms with van der Waals surface area (Å²) in [5.41, 5.74) is 7.95. The Bertz CT molecular complexity index is 675. The Hall–Kier alpha value is -1.40. The quantitative estimate of drug-likeness (QED) is 0.938. The molecule has 2 rings (SSSR count). The lowest BCUT2D eigenvalue weighted by molar-refractivity contribution is 0.599. The van der Waals surface area contributed by atoms with Gasteiger partial charge in [-0.05, 0) is 13.0 Å². The molecule has 96 valence electrons. The minimum atomic E-state index is -3.29. The van der Waals surface area contributed by atoms with E-state index in [9.17, 15) is 8.42 Å². The first-order chi connectivity index (χ1) is 8.44. The van der Waals surface area contributed by atoms with Gasteiger partial charge in [0.15, 0.2) is 15.0 Å².